The molecule has 0 aliphatic rings. The summed E-state index contributed by atoms with van der Waals surface area (Å²) in [4.78, 5) is 57.4. The van der Waals surface area contributed by atoms with E-state index in [1.54, 1.807) is 39.8 Å². The van der Waals surface area contributed by atoms with Crippen molar-refractivity contribution in [3.8, 4) is 40.2 Å². The van der Waals surface area contributed by atoms with Crippen molar-refractivity contribution in [3.05, 3.63) is 277 Å². The number of benzene rings is 8. The number of aromatic carboxylic acids is 1. The summed E-state index contributed by atoms with van der Waals surface area (Å²) in [6.07, 6.45) is 0. The molecule has 88 heavy (non-hydrogen) atoms. The molecule has 7 N–H and O–H groups in total. The van der Waals surface area contributed by atoms with E-state index < -0.39 is 28.5 Å². The number of para-hydroxylation sites is 4. The summed E-state index contributed by atoms with van der Waals surface area (Å²) in [6.45, 7) is 9.22. The van der Waals surface area contributed by atoms with Crippen LogP contribution in [0, 0.1) is 25.2 Å². The third-order valence-corrected chi connectivity index (χ3v) is 12.0. The third kappa shape index (κ3) is 24.2. The zero-order chi connectivity index (χ0) is 60.6. The smallest absolute Gasteiger partial charge is 0.870 e. The average molecular weight is 1230 g/mol. The van der Waals surface area contributed by atoms with Gasteiger partial charge in [0.1, 0.15) is 23.2 Å². The van der Waals surface area contributed by atoms with Gasteiger partial charge < -0.3 is 41.8 Å². The van der Waals surface area contributed by atoms with Crippen LogP contribution >= 0.6 is 15.9 Å². The van der Waals surface area contributed by atoms with E-state index in [-0.39, 0.29) is 61.0 Å². The summed E-state index contributed by atoms with van der Waals surface area (Å²) >= 11 is 2.96. The summed E-state index contributed by atoms with van der Waals surface area (Å²) in [6, 6.07) is 78.9. The van der Waals surface area contributed by atoms with Crippen molar-refractivity contribution in [1.29, 1.82) is 5.26 Å². The zero-order valence-corrected chi connectivity index (χ0v) is 51.7. The van der Waals surface area contributed by atoms with Crippen LogP contribution in [0.1, 0.15) is 64.3 Å². The molecule has 0 aliphatic carbocycles. The van der Waals surface area contributed by atoms with Crippen molar-refractivity contribution in [3.63, 3.8) is 0 Å². The summed E-state index contributed by atoms with van der Waals surface area (Å²) in [7, 11) is 0. The molecule has 0 saturated heterocycles. The molecule has 0 bridgehead atoms. The van der Waals surface area contributed by atoms with E-state index in [4.69, 9.17) is 21.5 Å². The quantitative estimate of drug-likeness (QED) is 0.0283. The van der Waals surface area contributed by atoms with Crippen molar-refractivity contribution in [2.75, 3.05) is 18.9 Å². The van der Waals surface area contributed by atoms with Gasteiger partial charge in [0.2, 0.25) is 0 Å². The maximum absolute atomic E-state index is 12.2. The molecule has 17 nitrogen and oxygen atoms in total. The number of hydrogen-bond donors (Lipinski definition) is 2. The van der Waals surface area contributed by atoms with E-state index in [2.05, 4.69) is 35.6 Å². The molecule has 20 heteroatoms. The monoisotopic (exact) mass is 1230 g/mol. The van der Waals surface area contributed by atoms with Gasteiger partial charge in [-0.05, 0) is 95.3 Å². The number of carboxylic acid groups (broad SMARTS) is 1. The van der Waals surface area contributed by atoms with Gasteiger partial charge >= 0.3 is 49.7 Å². The SMILES string of the molecule is CCOC(=O)C(=O)C(C)Br.CCOC(=O)c1nc(-c2ccccc2)n(-c2ccccc2)c1C.Cc1c(C(=O)[O-])nc(-c2ccccc2)n1-c1ccccc1.N#Cc1ccccc1.NC(=Nc1ccccc1)c1ccccc1.Nc1ccccc1.O.[Li+].[Li+].[OH-]. The Kier molecular flexibility index (Phi) is 36.2. The van der Waals surface area contributed by atoms with E-state index in [1.807, 2.05) is 253 Å². The van der Waals surface area contributed by atoms with Gasteiger partial charge in [0.05, 0.1) is 47.0 Å². The van der Waals surface area contributed by atoms with E-state index in [0.29, 0.717) is 35.2 Å². The number of aromatic nitrogens is 4. The molecule has 1 unspecified atom stereocenters. The van der Waals surface area contributed by atoms with Crippen LogP contribution in [0.2, 0.25) is 0 Å². The van der Waals surface area contributed by atoms with Crippen molar-refractivity contribution in [1.82, 2.24) is 19.1 Å². The second-order valence-corrected chi connectivity index (χ2v) is 19.0. The Labute approximate surface area is 545 Å². The second-order valence-electron chi connectivity index (χ2n) is 17.6. The van der Waals surface area contributed by atoms with Gasteiger partial charge in [-0.3, -0.25) is 13.9 Å². The van der Waals surface area contributed by atoms with Crippen LogP contribution < -0.4 is 54.3 Å². The van der Waals surface area contributed by atoms with Crippen LogP contribution in [-0.4, -0.2) is 77.6 Å². The summed E-state index contributed by atoms with van der Waals surface area (Å²) in [5.74, 6) is -1.09. The van der Waals surface area contributed by atoms with Crippen LogP contribution in [0.25, 0.3) is 34.2 Å². The van der Waals surface area contributed by atoms with Gasteiger partial charge in [-0.25, -0.2) is 24.5 Å². The Bertz CT molecular complexity index is 3700. The maximum atomic E-state index is 12.2. The fraction of sp³-hybridized carbons (Fsp3) is 0.118. The first-order valence-corrected chi connectivity index (χ1v) is 27.4. The molecule has 0 radical (unpaired) electrons. The molecule has 0 fully saturated rings. The number of halogens is 1. The van der Waals surface area contributed by atoms with Crippen LogP contribution in [0.15, 0.2) is 248 Å². The number of ketones is 1. The fourth-order valence-electron chi connectivity index (χ4n) is 7.58. The molecule has 10 rings (SSSR count). The normalized spacial score (nSPS) is 9.99. The number of carbonyl (C=O) groups excluding carboxylic acids is 4. The van der Waals surface area contributed by atoms with Crippen molar-refractivity contribution in [2.45, 2.75) is 39.4 Å². The number of carboxylic acids is 1. The van der Waals surface area contributed by atoms with Gasteiger partial charge in [0.25, 0.3) is 5.78 Å². The number of anilines is 1. The Morgan fingerprint density at radius 3 is 1.28 bits per heavy atom. The number of rotatable bonds is 12. The molecular weight excluding hydrogens is 1170 g/mol. The first-order valence-electron chi connectivity index (χ1n) is 26.5. The van der Waals surface area contributed by atoms with Crippen molar-refractivity contribution in [2.24, 2.45) is 10.7 Å². The summed E-state index contributed by atoms with van der Waals surface area (Å²) in [5.41, 5.74) is 19.9. The van der Waals surface area contributed by atoms with Crippen molar-refractivity contribution >= 4 is 56.8 Å². The molecule has 0 aliphatic heterocycles. The molecule has 10 aromatic rings. The van der Waals surface area contributed by atoms with Crippen LogP contribution in [0.4, 0.5) is 11.4 Å². The second kappa shape index (κ2) is 41.6. The van der Waals surface area contributed by atoms with Crippen LogP contribution in [0.5, 0.6) is 0 Å². The molecule has 2 heterocycles. The van der Waals surface area contributed by atoms with Crippen molar-refractivity contribution < 1.29 is 82.4 Å². The van der Waals surface area contributed by atoms with Crippen LogP contribution in [0.3, 0.4) is 0 Å². The minimum Gasteiger partial charge on any atom is -0.870 e. The van der Waals surface area contributed by atoms with Gasteiger partial charge in [0.15, 0.2) is 5.69 Å². The number of nitrogen functional groups attached to an aromatic ring is 1. The summed E-state index contributed by atoms with van der Waals surface area (Å²) in [5, 5.41) is 19.6. The minimum absolute atomic E-state index is 0. The largest absolute Gasteiger partial charge is 1.00 e. The number of hydrogen-bond acceptors (Lipinski definition) is 13. The number of nitrogens with two attached hydrogens (primary N) is 2. The number of aliphatic imine (C=N–C) groups is 1. The average Bonchev–Trinajstić information content (AvgIpc) is 1.84. The van der Waals surface area contributed by atoms with Gasteiger partial charge in [-0.2, -0.15) is 5.26 Å². The van der Waals surface area contributed by atoms with Gasteiger partial charge in [-0.1, -0.05) is 198 Å². The molecule has 0 spiro atoms. The standard InChI is InChI=1S/C19H18N2O2.C17H14N2O2.C13H12N2.C7H5N.C6H9BrO3.C6H7N.2Li.2H2O/c1-3-23-19(22)17-14(2)21(16-12-8-5-9-13-16)18(20-17)15-10-6-4-7-11-15;1-12-15(17(20)21)18-16(13-8-4-2-5-9-13)19(12)14-10-6-3-7-11-14;14-13(11-7-3-1-4-8-11)15-12-9-5-2-6-10-12;8-6-7-4-2-1-3-5-7;1-3-10-6(9)5(8)4(2)7;7-6-4-2-1-3-5-6;;;;/h4-13H,3H2,1-2H3;2-11H,1H3,(H,20,21);1-10H,(H2,14,15);1-5H;4H,3H2,1-2H3;1-5H,7H2;;;2*1H2/q;;;;;;2*+1;;/p-2. The maximum Gasteiger partial charge on any atom is 1.00 e. The molecule has 2 aromatic heterocycles. The molecule has 0 saturated carbocycles. The Balaban J connectivity index is 0.000000550. The number of carbonyl (C=O) groups is 4. The van der Waals surface area contributed by atoms with Crippen LogP contribution in [-0.2, 0) is 19.1 Å². The first kappa shape index (κ1) is 76.6. The molecule has 1 atom stereocenters. The van der Waals surface area contributed by atoms with E-state index in [1.165, 1.54) is 0 Å². The number of nitrogens with zero attached hydrogens (tertiary/aromatic N) is 6. The Hall–Kier alpha value is -9.39. The zero-order valence-electron chi connectivity index (χ0n) is 50.1. The van der Waals surface area contributed by atoms with E-state index in [0.717, 1.165) is 51.0 Å². The molecule has 442 valence electrons. The number of esters is 2. The van der Waals surface area contributed by atoms with E-state index >= 15 is 0 Å². The molecule has 0 amide bonds. The number of ether oxygens (including phenoxy) is 2. The predicted molar refractivity (Wildman–Crippen MR) is 339 cm³/mol. The Morgan fingerprint density at radius 1 is 0.580 bits per heavy atom. The fourth-order valence-corrected chi connectivity index (χ4v) is 7.77. The number of amidine groups is 1. The van der Waals surface area contributed by atoms with Gasteiger partial charge in [-0.15, -0.1) is 0 Å². The van der Waals surface area contributed by atoms with Gasteiger partial charge in [0, 0.05) is 39.4 Å². The predicted octanol–water partition coefficient (Wildman–Crippen LogP) is 5.69. The third-order valence-electron chi connectivity index (χ3n) is 11.6. The Morgan fingerprint density at radius 2 is 0.932 bits per heavy atom. The number of imidazole rings is 2. The number of Topliss-reactive ketones (excluding diaryl/α,β-unsaturated/α-hetero) is 1. The van der Waals surface area contributed by atoms with E-state index in [9.17, 15) is 24.3 Å². The number of alkyl halides is 1. The molecule has 8 aromatic carbocycles. The first-order chi connectivity index (χ1) is 40.7. The number of nitriles is 1. The summed E-state index contributed by atoms with van der Waals surface area (Å²) < 4.78 is 13.4. The topological polar surface area (TPSA) is 295 Å². The minimum atomic E-state index is -1.26. The molecular formula is C68H67BrLi2N8O9.